The highest BCUT2D eigenvalue weighted by atomic mass is 35.5. The molecule has 0 unspecified atom stereocenters. The summed E-state index contributed by atoms with van der Waals surface area (Å²) in [6, 6.07) is 7.25. The van der Waals surface area contributed by atoms with E-state index in [1.807, 2.05) is 38.1 Å². The summed E-state index contributed by atoms with van der Waals surface area (Å²) in [4.78, 5) is 0. The number of halogens is 1. The minimum absolute atomic E-state index is 0.462. The van der Waals surface area contributed by atoms with Crippen LogP contribution in [0.15, 0.2) is 47.7 Å². The van der Waals surface area contributed by atoms with Gasteiger partial charge in [0, 0.05) is 17.1 Å². The van der Waals surface area contributed by atoms with Crippen molar-refractivity contribution >= 4 is 11.6 Å². The lowest BCUT2D eigenvalue weighted by molar-refractivity contribution is 0.422. The second-order valence-electron chi connectivity index (χ2n) is 3.34. The van der Waals surface area contributed by atoms with Gasteiger partial charge in [0.15, 0.2) is 0 Å². The lowest BCUT2D eigenvalue weighted by atomic mass is 10.2. The van der Waals surface area contributed by atoms with E-state index in [0.29, 0.717) is 11.6 Å². The summed E-state index contributed by atoms with van der Waals surface area (Å²) >= 11 is 5.79. The zero-order valence-corrected chi connectivity index (χ0v) is 10.3. The number of nitrogens with two attached hydrogens (primary N) is 1. The molecule has 0 aliphatic carbocycles. The van der Waals surface area contributed by atoms with Crippen LogP contribution in [0, 0.1) is 0 Å². The molecule has 1 aromatic rings. The van der Waals surface area contributed by atoms with Gasteiger partial charge in [-0.1, -0.05) is 23.8 Å². The third-order valence-electron chi connectivity index (χ3n) is 2.12. The van der Waals surface area contributed by atoms with Crippen LogP contribution in [0.4, 0.5) is 0 Å². The fraction of sp³-hybridized carbons (Fsp3) is 0.231. The first-order valence-corrected chi connectivity index (χ1v) is 5.51. The van der Waals surface area contributed by atoms with Gasteiger partial charge in [0.2, 0.25) is 0 Å². The van der Waals surface area contributed by atoms with Gasteiger partial charge >= 0.3 is 0 Å². The minimum atomic E-state index is 0.462. The first-order valence-electron chi connectivity index (χ1n) is 5.13. The monoisotopic (exact) mass is 237 g/mol. The first-order chi connectivity index (χ1) is 7.67. The van der Waals surface area contributed by atoms with Crippen LogP contribution in [-0.4, -0.2) is 6.54 Å². The van der Waals surface area contributed by atoms with E-state index in [0.717, 1.165) is 17.1 Å². The Kier molecular flexibility index (Phi) is 5.09. The molecular formula is C13H16ClNO. The smallest absolute Gasteiger partial charge is 0.127 e. The van der Waals surface area contributed by atoms with Gasteiger partial charge in [0.1, 0.15) is 11.5 Å². The van der Waals surface area contributed by atoms with Crippen molar-refractivity contribution in [1.29, 1.82) is 0 Å². The van der Waals surface area contributed by atoms with Crippen LogP contribution in [-0.2, 0) is 0 Å². The van der Waals surface area contributed by atoms with Crippen molar-refractivity contribution in [3.8, 4) is 5.75 Å². The van der Waals surface area contributed by atoms with Crippen molar-refractivity contribution in [1.82, 2.24) is 0 Å². The fourth-order valence-corrected chi connectivity index (χ4v) is 1.40. The van der Waals surface area contributed by atoms with Crippen molar-refractivity contribution in [3.63, 3.8) is 0 Å². The van der Waals surface area contributed by atoms with Gasteiger partial charge < -0.3 is 10.5 Å². The lowest BCUT2D eigenvalue weighted by Gasteiger charge is -2.09. The molecule has 3 heteroatoms. The number of rotatable bonds is 4. The molecule has 0 aliphatic rings. The Bertz CT molecular complexity index is 393. The van der Waals surface area contributed by atoms with Crippen LogP contribution in [0.3, 0.4) is 0 Å². The van der Waals surface area contributed by atoms with Crippen LogP contribution in [0.25, 0.3) is 0 Å². The normalized spacial score (nSPS) is 12.8. The van der Waals surface area contributed by atoms with Gasteiger partial charge in [0.05, 0.1) is 0 Å². The molecule has 0 amide bonds. The topological polar surface area (TPSA) is 35.2 Å². The Balaban J connectivity index is 2.83. The average molecular weight is 238 g/mol. The summed E-state index contributed by atoms with van der Waals surface area (Å²) in [5.74, 6) is 1.57. The first kappa shape index (κ1) is 12.8. The minimum Gasteiger partial charge on any atom is -0.462 e. The molecule has 0 spiro atoms. The van der Waals surface area contributed by atoms with Gasteiger partial charge in [-0.05, 0) is 38.1 Å². The van der Waals surface area contributed by atoms with Crippen molar-refractivity contribution in [2.24, 2.45) is 5.73 Å². The van der Waals surface area contributed by atoms with Crippen molar-refractivity contribution in [2.75, 3.05) is 6.54 Å². The summed E-state index contributed by atoms with van der Waals surface area (Å²) in [6.45, 7) is 4.31. The van der Waals surface area contributed by atoms with E-state index < -0.39 is 0 Å². The molecular weight excluding hydrogens is 222 g/mol. The maximum absolute atomic E-state index is 5.79. The number of hydrogen-bond acceptors (Lipinski definition) is 2. The molecule has 16 heavy (non-hydrogen) atoms. The molecule has 0 atom stereocenters. The van der Waals surface area contributed by atoms with E-state index in [2.05, 4.69) is 0 Å². The second-order valence-corrected chi connectivity index (χ2v) is 3.78. The van der Waals surface area contributed by atoms with Gasteiger partial charge in [0.25, 0.3) is 0 Å². The third-order valence-corrected chi connectivity index (χ3v) is 2.38. The largest absolute Gasteiger partial charge is 0.462 e. The maximum Gasteiger partial charge on any atom is 0.127 e. The zero-order chi connectivity index (χ0) is 12.0. The molecule has 0 heterocycles. The van der Waals surface area contributed by atoms with Crippen LogP contribution >= 0.6 is 11.6 Å². The molecule has 86 valence electrons. The third kappa shape index (κ3) is 3.72. The number of ether oxygens (including phenoxy) is 1. The standard InChI is InChI=1S/C13H16ClNO/c1-3-4-11(9-15)10(2)16-13-7-5-12(14)6-8-13/h3-8H,9,15H2,1-2H3/b4-3-,11-10-. The molecule has 2 N–H and O–H groups in total. The summed E-state index contributed by atoms with van der Waals surface area (Å²) in [7, 11) is 0. The Morgan fingerprint density at radius 1 is 1.38 bits per heavy atom. The average Bonchev–Trinajstić information content (AvgIpc) is 2.29. The molecule has 0 bridgehead atoms. The Labute approximate surface area is 101 Å². The molecule has 0 aliphatic heterocycles. The number of allylic oxidation sites excluding steroid dienone is 2. The predicted octanol–water partition coefficient (Wildman–Crippen LogP) is 3.53. The molecule has 1 rings (SSSR count). The SMILES string of the molecule is C/C=C\C(CN)=C(/C)Oc1ccc(Cl)cc1. The van der Waals surface area contributed by atoms with E-state index in [4.69, 9.17) is 22.1 Å². The van der Waals surface area contributed by atoms with Crippen molar-refractivity contribution < 1.29 is 4.74 Å². The highest BCUT2D eigenvalue weighted by Gasteiger charge is 2.00. The van der Waals surface area contributed by atoms with E-state index in [1.54, 1.807) is 12.1 Å². The molecule has 0 aromatic heterocycles. The highest BCUT2D eigenvalue weighted by Crippen LogP contribution is 2.19. The van der Waals surface area contributed by atoms with E-state index >= 15 is 0 Å². The van der Waals surface area contributed by atoms with Crippen LogP contribution < -0.4 is 10.5 Å². The van der Waals surface area contributed by atoms with Crippen molar-refractivity contribution in [3.05, 3.63) is 52.8 Å². The number of hydrogen-bond donors (Lipinski definition) is 1. The van der Waals surface area contributed by atoms with Crippen molar-refractivity contribution in [2.45, 2.75) is 13.8 Å². The van der Waals surface area contributed by atoms with E-state index in [9.17, 15) is 0 Å². The van der Waals surface area contributed by atoms with Gasteiger partial charge in [-0.2, -0.15) is 0 Å². The van der Waals surface area contributed by atoms with Crippen LogP contribution in [0.1, 0.15) is 13.8 Å². The quantitative estimate of drug-likeness (QED) is 0.642. The van der Waals surface area contributed by atoms with Crippen LogP contribution in [0.5, 0.6) is 5.75 Å². The lowest BCUT2D eigenvalue weighted by Crippen LogP contribution is -2.06. The number of benzene rings is 1. The summed E-state index contributed by atoms with van der Waals surface area (Å²) < 4.78 is 5.66. The van der Waals surface area contributed by atoms with Crippen LogP contribution in [0.2, 0.25) is 5.02 Å². The molecule has 0 saturated heterocycles. The second kappa shape index (κ2) is 6.36. The highest BCUT2D eigenvalue weighted by molar-refractivity contribution is 6.30. The van der Waals surface area contributed by atoms with E-state index in [1.165, 1.54) is 0 Å². The van der Waals surface area contributed by atoms with Gasteiger partial charge in [-0.25, -0.2) is 0 Å². The van der Waals surface area contributed by atoms with E-state index in [-0.39, 0.29) is 0 Å². The molecule has 0 saturated carbocycles. The summed E-state index contributed by atoms with van der Waals surface area (Å²) in [5.41, 5.74) is 6.61. The Morgan fingerprint density at radius 2 is 2.00 bits per heavy atom. The molecule has 0 fully saturated rings. The zero-order valence-electron chi connectivity index (χ0n) is 9.53. The maximum atomic E-state index is 5.79. The summed E-state index contributed by atoms with van der Waals surface area (Å²) in [6.07, 6.45) is 3.89. The predicted molar refractivity (Wildman–Crippen MR) is 68.6 cm³/mol. The van der Waals surface area contributed by atoms with Gasteiger partial charge in [-0.15, -0.1) is 0 Å². The molecule has 1 aromatic carbocycles. The fourth-order valence-electron chi connectivity index (χ4n) is 1.28. The molecule has 0 radical (unpaired) electrons. The Morgan fingerprint density at radius 3 is 2.50 bits per heavy atom. The van der Waals surface area contributed by atoms with Gasteiger partial charge in [-0.3, -0.25) is 0 Å². The Hall–Kier alpha value is -1.25. The molecule has 2 nitrogen and oxygen atoms in total. The summed E-state index contributed by atoms with van der Waals surface area (Å²) in [5, 5.41) is 0.696.